The number of likely N-dealkylation sites (tertiary alicyclic amines) is 1. The molecule has 2 saturated heterocycles. The second-order valence-corrected chi connectivity index (χ2v) is 6.49. The van der Waals surface area contributed by atoms with Crippen molar-refractivity contribution in [2.75, 3.05) is 19.7 Å². The molecule has 4 heterocycles. The Balaban J connectivity index is 1.34. The second-order valence-electron chi connectivity index (χ2n) is 6.49. The molecule has 0 bridgehead atoms. The van der Waals surface area contributed by atoms with Gasteiger partial charge in [-0.05, 0) is 24.1 Å². The lowest BCUT2D eigenvalue weighted by atomic mass is 9.77. The summed E-state index contributed by atoms with van der Waals surface area (Å²) in [4.78, 5) is 26.3. The molecule has 6 heteroatoms. The lowest BCUT2D eigenvalue weighted by Crippen LogP contribution is -2.59. The first-order chi connectivity index (χ1) is 11.2. The summed E-state index contributed by atoms with van der Waals surface area (Å²) in [6.45, 7) is 2.26. The van der Waals surface area contributed by atoms with Gasteiger partial charge in [0.2, 0.25) is 0 Å². The van der Waals surface area contributed by atoms with Crippen LogP contribution < -0.4 is 0 Å². The summed E-state index contributed by atoms with van der Waals surface area (Å²) < 4.78 is 5.94. The molecule has 0 N–H and O–H groups in total. The number of nitrogens with zero attached hydrogens (tertiary/aromatic N) is 4. The van der Waals surface area contributed by atoms with Gasteiger partial charge in [0, 0.05) is 49.7 Å². The first kappa shape index (κ1) is 14.3. The Bertz CT molecular complexity index is 686. The zero-order chi connectivity index (χ0) is 15.7. The minimum absolute atomic E-state index is 0.0589. The van der Waals surface area contributed by atoms with E-state index in [1.807, 2.05) is 23.4 Å². The van der Waals surface area contributed by atoms with Crippen LogP contribution in [0.5, 0.6) is 0 Å². The Morgan fingerprint density at radius 2 is 2.09 bits per heavy atom. The summed E-state index contributed by atoms with van der Waals surface area (Å²) >= 11 is 0. The molecular formula is C17H18N4O2. The molecular weight excluding hydrogens is 292 g/mol. The molecule has 0 unspecified atom stereocenters. The molecule has 1 atom stereocenters. The van der Waals surface area contributed by atoms with E-state index in [4.69, 9.17) is 4.74 Å². The van der Waals surface area contributed by atoms with Crippen molar-refractivity contribution in [1.82, 2.24) is 19.9 Å². The second kappa shape index (κ2) is 5.70. The molecule has 4 rings (SSSR count). The average molecular weight is 310 g/mol. The molecule has 23 heavy (non-hydrogen) atoms. The maximum atomic E-state index is 12.4. The number of aromatic nitrogens is 3. The lowest BCUT2D eigenvalue weighted by Gasteiger charge is -2.47. The Hall–Kier alpha value is -2.34. The van der Waals surface area contributed by atoms with Gasteiger partial charge in [0.25, 0.3) is 5.91 Å². The fourth-order valence-electron chi connectivity index (χ4n) is 3.52. The third-order valence-corrected chi connectivity index (χ3v) is 4.61. The van der Waals surface area contributed by atoms with Crippen LogP contribution in [0.2, 0.25) is 0 Å². The molecule has 1 spiro atoms. The molecule has 0 aromatic carbocycles. The number of pyridine rings is 1. The predicted octanol–water partition coefficient (Wildman–Crippen LogP) is 1.35. The summed E-state index contributed by atoms with van der Waals surface area (Å²) in [5.41, 5.74) is 1.87. The number of amides is 1. The summed E-state index contributed by atoms with van der Waals surface area (Å²) in [7, 11) is 0. The Kier molecular flexibility index (Phi) is 3.53. The summed E-state index contributed by atoms with van der Waals surface area (Å²) in [5.74, 6) is 0.0589. The van der Waals surface area contributed by atoms with E-state index in [-0.39, 0.29) is 17.4 Å². The highest BCUT2D eigenvalue weighted by Crippen LogP contribution is 2.42. The molecule has 0 radical (unpaired) electrons. The largest absolute Gasteiger partial charge is 0.377 e. The van der Waals surface area contributed by atoms with Crippen molar-refractivity contribution in [3.05, 3.63) is 54.4 Å². The van der Waals surface area contributed by atoms with Crippen LogP contribution in [0.15, 0.2) is 43.2 Å². The molecule has 0 saturated carbocycles. The zero-order valence-electron chi connectivity index (χ0n) is 12.8. The van der Waals surface area contributed by atoms with Gasteiger partial charge < -0.3 is 9.64 Å². The SMILES string of the molecule is O=C(c1cccnc1)N1CC2(CO[C@H](Cc3cncnc3)C2)C1. The van der Waals surface area contributed by atoms with Crippen molar-refractivity contribution < 1.29 is 9.53 Å². The molecule has 118 valence electrons. The lowest BCUT2D eigenvalue weighted by molar-refractivity contribution is -0.00136. The van der Waals surface area contributed by atoms with Gasteiger partial charge in [-0.1, -0.05) is 0 Å². The number of carbonyl (C=O) groups is 1. The molecule has 1 amide bonds. The van der Waals surface area contributed by atoms with Crippen LogP contribution in [-0.4, -0.2) is 51.6 Å². The summed E-state index contributed by atoms with van der Waals surface area (Å²) in [6, 6.07) is 3.60. The van der Waals surface area contributed by atoms with E-state index in [0.717, 1.165) is 38.1 Å². The van der Waals surface area contributed by atoms with Gasteiger partial charge >= 0.3 is 0 Å². The van der Waals surface area contributed by atoms with Crippen LogP contribution in [0.3, 0.4) is 0 Å². The van der Waals surface area contributed by atoms with Crippen LogP contribution >= 0.6 is 0 Å². The van der Waals surface area contributed by atoms with Gasteiger partial charge in [0.15, 0.2) is 0 Å². The van der Waals surface area contributed by atoms with E-state index >= 15 is 0 Å². The third-order valence-electron chi connectivity index (χ3n) is 4.61. The van der Waals surface area contributed by atoms with Crippen molar-refractivity contribution in [2.45, 2.75) is 18.9 Å². The minimum Gasteiger partial charge on any atom is -0.377 e. The zero-order valence-corrected chi connectivity index (χ0v) is 12.8. The Morgan fingerprint density at radius 1 is 1.26 bits per heavy atom. The molecule has 6 nitrogen and oxygen atoms in total. The van der Waals surface area contributed by atoms with Gasteiger partial charge in [0.05, 0.1) is 18.3 Å². The molecule has 0 aliphatic carbocycles. The standard InChI is InChI=1S/C17H18N4O2/c22-16(14-2-1-3-18-8-14)21-9-17(10-21)5-15(23-11-17)4-13-6-19-12-20-7-13/h1-3,6-8,12,15H,4-5,9-11H2/t15-/m1/s1. The van der Waals surface area contributed by atoms with E-state index in [1.165, 1.54) is 6.33 Å². The molecule has 2 aromatic rings. The number of ether oxygens (including phenoxy) is 1. The van der Waals surface area contributed by atoms with Gasteiger partial charge in [0.1, 0.15) is 6.33 Å². The third kappa shape index (κ3) is 2.82. The van der Waals surface area contributed by atoms with Crippen LogP contribution in [0.4, 0.5) is 0 Å². The van der Waals surface area contributed by atoms with Crippen molar-refractivity contribution in [3.8, 4) is 0 Å². The number of rotatable bonds is 3. The van der Waals surface area contributed by atoms with Gasteiger partial charge in [-0.15, -0.1) is 0 Å². The van der Waals surface area contributed by atoms with E-state index in [0.29, 0.717) is 5.56 Å². The highest BCUT2D eigenvalue weighted by molar-refractivity contribution is 5.94. The van der Waals surface area contributed by atoms with Crippen molar-refractivity contribution in [2.24, 2.45) is 5.41 Å². The monoisotopic (exact) mass is 310 g/mol. The predicted molar refractivity (Wildman–Crippen MR) is 82.7 cm³/mol. The Morgan fingerprint density at radius 3 is 2.83 bits per heavy atom. The molecule has 2 aromatic heterocycles. The van der Waals surface area contributed by atoms with Crippen molar-refractivity contribution in [1.29, 1.82) is 0 Å². The highest BCUT2D eigenvalue weighted by Gasteiger charge is 2.50. The topological polar surface area (TPSA) is 68.2 Å². The first-order valence-electron chi connectivity index (χ1n) is 7.79. The van der Waals surface area contributed by atoms with E-state index in [2.05, 4.69) is 15.0 Å². The Labute approximate surface area is 134 Å². The summed E-state index contributed by atoms with van der Waals surface area (Å²) in [5, 5.41) is 0. The van der Waals surface area contributed by atoms with Gasteiger partial charge in [-0.2, -0.15) is 0 Å². The minimum atomic E-state index is 0.0589. The molecule has 2 aliphatic heterocycles. The number of hydrogen-bond acceptors (Lipinski definition) is 5. The first-order valence-corrected chi connectivity index (χ1v) is 7.79. The maximum Gasteiger partial charge on any atom is 0.255 e. The maximum absolute atomic E-state index is 12.4. The van der Waals surface area contributed by atoms with E-state index in [9.17, 15) is 4.79 Å². The van der Waals surface area contributed by atoms with Crippen molar-refractivity contribution in [3.63, 3.8) is 0 Å². The van der Waals surface area contributed by atoms with Gasteiger partial charge in [-0.25, -0.2) is 9.97 Å². The smallest absolute Gasteiger partial charge is 0.255 e. The normalized spacial score (nSPS) is 22.1. The fraction of sp³-hybridized carbons (Fsp3) is 0.412. The van der Waals surface area contributed by atoms with Crippen LogP contribution in [0.1, 0.15) is 22.3 Å². The van der Waals surface area contributed by atoms with E-state index in [1.54, 1.807) is 18.5 Å². The van der Waals surface area contributed by atoms with Gasteiger partial charge in [-0.3, -0.25) is 9.78 Å². The number of carbonyl (C=O) groups excluding carboxylic acids is 1. The fourth-order valence-corrected chi connectivity index (χ4v) is 3.52. The van der Waals surface area contributed by atoms with Crippen LogP contribution in [0, 0.1) is 5.41 Å². The van der Waals surface area contributed by atoms with E-state index < -0.39 is 0 Å². The molecule has 2 aliphatic rings. The molecule has 2 fully saturated rings. The van der Waals surface area contributed by atoms with Crippen molar-refractivity contribution >= 4 is 5.91 Å². The summed E-state index contributed by atoms with van der Waals surface area (Å²) in [6.07, 6.45) is 10.5. The quantitative estimate of drug-likeness (QED) is 0.856. The average Bonchev–Trinajstić information content (AvgIpc) is 2.99. The highest BCUT2D eigenvalue weighted by atomic mass is 16.5. The van der Waals surface area contributed by atoms with Crippen LogP contribution in [0.25, 0.3) is 0 Å². The van der Waals surface area contributed by atoms with Crippen LogP contribution in [-0.2, 0) is 11.2 Å². The number of hydrogen-bond donors (Lipinski definition) is 0.